The summed E-state index contributed by atoms with van der Waals surface area (Å²) in [6.45, 7) is 2.00. The van der Waals surface area contributed by atoms with Gasteiger partial charge in [0.25, 0.3) is 5.91 Å². The van der Waals surface area contributed by atoms with Crippen LogP contribution in [0.1, 0.15) is 17.3 Å². The van der Waals surface area contributed by atoms with Crippen LogP contribution in [0.4, 0.5) is 5.69 Å². The molecule has 3 heterocycles. The molecular weight excluding hydrogens is 462 g/mol. The second-order valence-corrected chi connectivity index (χ2v) is 7.66. The van der Waals surface area contributed by atoms with Gasteiger partial charge in [-0.05, 0) is 73.7 Å². The summed E-state index contributed by atoms with van der Waals surface area (Å²) in [4.78, 5) is 34.2. The van der Waals surface area contributed by atoms with Gasteiger partial charge in [-0.25, -0.2) is 14.8 Å². The van der Waals surface area contributed by atoms with Crippen LogP contribution in [0.5, 0.6) is 5.75 Å². The minimum Gasteiger partial charge on any atom is -0.494 e. The summed E-state index contributed by atoms with van der Waals surface area (Å²) in [5, 5.41) is 2.68. The van der Waals surface area contributed by atoms with Crippen molar-refractivity contribution >= 4 is 28.6 Å². The van der Waals surface area contributed by atoms with Gasteiger partial charge in [0.15, 0.2) is 18.1 Å². The first-order valence-corrected chi connectivity index (χ1v) is 11.2. The first kappa shape index (κ1) is 22.9. The van der Waals surface area contributed by atoms with E-state index < -0.39 is 18.5 Å². The highest BCUT2D eigenvalue weighted by Gasteiger charge is 2.18. The molecular formula is C27H21N3O6. The molecule has 36 heavy (non-hydrogen) atoms. The van der Waals surface area contributed by atoms with Crippen molar-refractivity contribution in [3.8, 4) is 28.7 Å². The fourth-order valence-corrected chi connectivity index (χ4v) is 3.56. The number of ether oxygens (including phenoxy) is 2. The second kappa shape index (κ2) is 10.1. The number of esters is 1. The van der Waals surface area contributed by atoms with Gasteiger partial charge in [-0.1, -0.05) is 0 Å². The van der Waals surface area contributed by atoms with Crippen molar-refractivity contribution in [1.82, 2.24) is 9.97 Å². The number of fused-ring (bicyclic) bond motifs is 1. The highest BCUT2D eigenvalue weighted by atomic mass is 16.5. The Kier molecular flexibility index (Phi) is 6.44. The van der Waals surface area contributed by atoms with E-state index >= 15 is 0 Å². The van der Waals surface area contributed by atoms with E-state index in [0.29, 0.717) is 52.0 Å². The summed E-state index contributed by atoms with van der Waals surface area (Å²) in [6, 6.07) is 18.8. The molecule has 9 heteroatoms. The zero-order valence-corrected chi connectivity index (χ0v) is 19.3. The van der Waals surface area contributed by atoms with E-state index in [-0.39, 0.29) is 5.56 Å². The molecule has 0 fully saturated rings. The standard InChI is InChI=1S/C27H21N3O6/c1-2-33-19-10-8-18(9-11-19)28-24(31)16-36-27(32)17-7-12-20-21(15-17)30-26(23-6-4-14-35-23)25(29-20)22-5-3-13-34-22/h3-15H,2,16H2,1H3,(H,28,31). The van der Waals surface area contributed by atoms with E-state index in [2.05, 4.69) is 15.3 Å². The molecule has 0 aliphatic rings. The average Bonchev–Trinajstić information content (AvgIpc) is 3.62. The van der Waals surface area contributed by atoms with Crippen LogP contribution in [0.15, 0.2) is 88.1 Å². The molecule has 0 bridgehead atoms. The van der Waals surface area contributed by atoms with Gasteiger partial charge < -0.3 is 23.6 Å². The minimum absolute atomic E-state index is 0.238. The number of aromatic nitrogens is 2. The first-order valence-electron chi connectivity index (χ1n) is 11.2. The lowest BCUT2D eigenvalue weighted by Crippen LogP contribution is -2.20. The van der Waals surface area contributed by atoms with Gasteiger partial charge in [-0.15, -0.1) is 0 Å². The Morgan fingerprint density at radius 1 is 0.861 bits per heavy atom. The molecule has 9 nitrogen and oxygen atoms in total. The molecule has 0 atom stereocenters. The van der Waals surface area contributed by atoms with Gasteiger partial charge in [0.05, 0.1) is 35.7 Å². The maximum Gasteiger partial charge on any atom is 0.338 e. The van der Waals surface area contributed by atoms with Gasteiger partial charge in [0.2, 0.25) is 0 Å². The van der Waals surface area contributed by atoms with Crippen LogP contribution in [0.2, 0.25) is 0 Å². The largest absolute Gasteiger partial charge is 0.494 e. The number of hydrogen-bond acceptors (Lipinski definition) is 8. The molecule has 3 aromatic heterocycles. The van der Waals surface area contributed by atoms with Gasteiger partial charge >= 0.3 is 5.97 Å². The number of nitrogens with one attached hydrogen (secondary N) is 1. The van der Waals surface area contributed by atoms with E-state index in [9.17, 15) is 9.59 Å². The number of rotatable bonds is 8. The quantitative estimate of drug-likeness (QED) is 0.294. The van der Waals surface area contributed by atoms with Gasteiger partial charge in [0, 0.05) is 5.69 Å². The summed E-state index contributed by atoms with van der Waals surface area (Å²) in [6.07, 6.45) is 3.09. The third-order valence-electron chi connectivity index (χ3n) is 5.19. The summed E-state index contributed by atoms with van der Waals surface area (Å²) >= 11 is 0. The molecule has 5 aromatic rings. The number of benzene rings is 2. The lowest BCUT2D eigenvalue weighted by atomic mass is 10.1. The zero-order valence-electron chi connectivity index (χ0n) is 19.3. The molecule has 5 rings (SSSR count). The molecule has 2 aromatic carbocycles. The lowest BCUT2D eigenvalue weighted by molar-refractivity contribution is -0.119. The third kappa shape index (κ3) is 4.95. The van der Waals surface area contributed by atoms with Crippen molar-refractivity contribution in [1.29, 1.82) is 0 Å². The van der Waals surface area contributed by atoms with Gasteiger partial charge in [-0.3, -0.25) is 4.79 Å². The normalized spacial score (nSPS) is 10.8. The molecule has 0 saturated heterocycles. The topological polar surface area (TPSA) is 117 Å². The number of anilines is 1. The zero-order chi connectivity index (χ0) is 24.9. The van der Waals surface area contributed by atoms with Crippen molar-refractivity contribution < 1.29 is 27.9 Å². The number of nitrogens with zero attached hydrogens (tertiary/aromatic N) is 2. The Labute approximate surface area is 205 Å². The highest BCUT2D eigenvalue weighted by molar-refractivity contribution is 5.97. The Morgan fingerprint density at radius 3 is 2.14 bits per heavy atom. The van der Waals surface area contributed by atoms with Crippen molar-refractivity contribution in [2.24, 2.45) is 0 Å². The van der Waals surface area contributed by atoms with E-state index in [1.165, 1.54) is 0 Å². The molecule has 0 unspecified atom stereocenters. The Bertz CT molecular complexity index is 1490. The van der Waals surface area contributed by atoms with Crippen LogP contribution < -0.4 is 10.1 Å². The molecule has 0 aliphatic heterocycles. The Hall–Kier alpha value is -4.92. The highest BCUT2D eigenvalue weighted by Crippen LogP contribution is 2.31. The first-order chi connectivity index (χ1) is 17.6. The van der Waals surface area contributed by atoms with Crippen LogP contribution >= 0.6 is 0 Å². The fraction of sp³-hybridized carbons (Fsp3) is 0.111. The van der Waals surface area contributed by atoms with Crippen molar-refractivity contribution in [2.75, 3.05) is 18.5 Å². The third-order valence-corrected chi connectivity index (χ3v) is 5.19. The smallest absolute Gasteiger partial charge is 0.338 e. The number of amides is 1. The monoisotopic (exact) mass is 483 g/mol. The van der Waals surface area contributed by atoms with Crippen molar-refractivity contribution in [3.05, 3.63) is 84.8 Å². The molecule has 0 spiro atoms. The van der Waals surface area contributed by atoms with Crippen LogP contribution in [0.3, 0.4) is 0 Å². The predicted octanol–water partition coefficient (Wildman–Crippen LogP) is 5.34. The van der Waals surface area contributed by atoms with Crippen molar-refractivity contribution in [3.63, 3.8) is 0 Å². The lowest BCUT2D eigenvalue weighted by Gasteiger charge is -2.09. The molecule has 1 amide bonds. The summed E-state index contributed by atoms with van der Waals surface area (Å²) in [7, 11) is 0. The van der Waals surface area contributed by atoms with E-state index in [1.54, 1.807) is 79.3 Å². The number of hydrogen-bond donors (Lipinski definition) is 1. The average molecular weight is 483 g/mol. The summed E-state index contributed by atoms with van der Waals surface area (Å²) in [5.41, 5.74) is 2.82. The number of carbonyl (C=O) groups excluding carboxylic acids is 2. The molecule has 180 valence electrons. The summed E-state index contributed by atoms with van der Waals surface area (Å²) in [5.74, 6) is 0.631. The maximum atomic E-state index is 12.6. The Balaban J connectivity index is 1.31. The molecule has 1 N–H and O–H groups in total. The summed E-state index contributed by atoms with van der Waals surface area (Å²) < 4.78 is 21.6. The molecule has 0 aliphatic carbocycles. The number of carbonyl (C=O) groups is 2. The SMILES string of the molecule is CCOc1ccc(NC(=O)COC(=O)c2ccc3nc(-c4ccco4)c(-c4ccco4)nc3c2)cc1. The van der Waals surface area contributed by atoms with Crippen LogP contribution in [-0.4, -0.2) is 35.1 Å². The number of furan rings is 2. The van der Waals surface area contributed by atoms with Crippen LogP contribution in [-0.2, 0) is 9.53 Å². The van der Waals surface area contributed by atoms with E-state index in [1.807, 2.05) is 6.92 Å². The maximum absolute atomic E-state index is 12.6. The van der Waals surface area contributed by atoms with Crippen LogP contribution in [0, 0.1) is 0 Å². The van der Waals surface area contributed by atoms with Crippen LogP contribution in [0.25, 0.3) is 33.9 Å². The minimum atomic E-state index is -0.657. The fourth-order valence-electron chi connectivity index (χ4n) is 3.56. The van der Waals surface area contributed by atoms with Gasteiger partial charge in [0.1, 0.15) is 17.1 Å². The molecule has 0 saturated carbocycles. The van der Waals surface area contributed by atoms with E-state index in [4.69, 9.17) is 18.3 Å². The van der Waals surface area contributed by atoms with Gasteiger partial charge in [-0.2, -0.15) is 0 Å². The van der Waals surface area contributed by atoms with E-state index in [0.717, 1.165) is 0 Å². The molecule has 0 radical (unpaired) electrons. The Morgan fingerprint density at radius 2 is 1.53 bits per heavy atom. The van der Waals surface area contributed by atoms with Crippen molar-refractivity contribution in [2.45, 2.75) is 6.92 Å². The second-order valence-electron chi connectivity index (χ2n) is 7.66. The predicted molar refractivity (Wildman–Crippen MR) is 131 cm³/mol.